The molecule has 14 heavy (non-hydrogen) atoms. The Morgan fingerprint density at radius 2 is 2.21 bits per heavy atom. The Morgan fingerprint density at radius 3 is 2.71 bits per heavy atom. The van der Waals surface area contributed by atoms with Crippen LogP contribution in [0.4, 0.5) is 0 Å². The summed E-state index contributed by atoms with van der Waals surface area (Å²) in [6.45, 7) is 6.05. The van der Waals surface area contributed by atoms with Crippen LogP contribution < -0.4 is 5.32 Å². The maximum Gasteiger partial charge on any atom is 0.0240 e. The predicted molar refractivity (Wildman–Crippen MR) is 64.9 cm³/mol. The zero-order chi connectivity index (χ0) is 10.0. The molecule has 2 rings (SSSR count). The van der Waals surface area contributed by atoms with Gasteiger partial charge in [0.25, 0.3) is 0 Å². The third-order valence-electron chi connectivity index (χ3n) is 4.14. The summed E-state index contributed by atoms with van der Waals surface area (Å²) in [4.78, 5) is 0. The van der Waals surface area contributed by atoms with Gasteiger partial charge in [-0.1, -0.05) is 13.8 Å². The van der Waals surface area contributed by atoms with Crippen molar-refractivity contribution in [3.8, 4) is 0 Å². The van der Waals surface area contributed by atoms with E-state index in [9.17, 15) is 0 Å². The molecule has 0 aromatic carbocycles. The van der Waals surface area contributed by atoms with Gasteiger partial charge in [0.1, 0.15) is 0 Å². The molecule has 2 heteroatoms. The van der Waals surface area contributed by atoms with Gasteiger partial charge >= 0.3 is 0 Å². The molecule has 0 bridgehead atoms. The SMILES string of the molecule is CC(C)C1(C2CCCSC2)CCCN1. The molecule has 82 valence electrons. The van der Waals surface area contributed by atoms with Crippen molar-refractivity contribution < 1.29 is 0 Å². The van der Waals surface area contributed by atoms with Crippen molar-refractivity contribution in [2.45, 2.75) is 45.1 Å². The Morgan fingerprint density at radius 1 is 1.36 bits per heavy atom. The van der Waals surface area contributed by atoms with E-state index >= 15 is 0 Å². The second-order valence-electron chi connectivity index (χ2n) is 5.14. The normalized spacial score (nSPS) is 39.2. The fourth-order valence-corrected chi connectivity index (χ4v) is 4.54. The van der Waals surface area contributed by atoms with Crippen molar-refractivity contribution in [2.75, 3.05) is 18.1 Å². The number of hydrogen-bond acceptors (Lipinski definition) is 2. The van der Waals surface area contributed by atoms with E-state index < -0.39 is 0 Å². The lowest BCUT2D eigenvalue weighted by Gasteiger charge is -2.43. The second kappa shape index (κ2) is 4.44. The standard InChI is InChI=1S/C12H23NS/c1-10(2)12(6-4-7-13-12)11-5-3-8-14-9-11/h10-11,13H,3-9H2,1-2H3. The molecule has 1 N–H and O–H groups in total. The maximum absolute atomic E-state index is 3.83. The van der Waals surface area contributed by atoms with Gasteiger partial charge in [0.2, 0.25) is 0 Å². The molecule has 2 heterocycles. The highest BCUT2D eigenvalue weighted by atomic mass is 32.2. The van der Waals surface area contributed by atoms with E-state index in [4.69, 9.17) is 0 Å². The molecule has 2 saturated heterocycles. The first kappa shape index (κ1) is 10.8. The Labute approximate surface area is 92.4 Å². The van der Waals surface area contributed by atoms with Crippen LogP contribution in [0.25, 0.3) is 0 Å². The van der Waals surface area contributed by atoms with Gasteiger partial charge in [-0.3, -0.25) is 0 Å². The molecule has 0 saturated carbocycles. The molecule has 1 nitrogen and oxygen atoms in total. The fourth-order valence-electron chi connectivity index (χ4n) is 3.25. The van der Waals surface area contributed by atoms with Crippen LogP contribution in [0, 0.1) is 11.8 Å². The van der Waals surface area contributed by atoms with Gasteiger partial charge < -0.3 is 5.32 Å². The number of rotatable bonds is 2. The van der Waals surface area contributed by atoms with Crippen LogP contribution >= 0.6 is 11.8 Å². The average Bonchev–Trinajstić information content (AvgIpc) is 2.69. The third-order valence-corrected chi connectivity index (χ3v) is 5.36. The van der Waals surface area contributed by atoms with E-state index in [1.54, 1.807) is 0 Å². The number of nitrogens with one attached hydrogen (secondary N) is 1. The van der Waals surface area contributed by atoms with E-state index in [-0.39, 0.29) is 0 Å². The van der Waals surface area contributed by atoms with Crippen LogP contribution in [0.5, 0.6) is 0 Å². The van der Waals surface area contributed by atoms with Gasteiger partial charge in [-0.05, 0) is 55.6 Å². The molecule has 2 atom stereocenters. The van der Waals surface area contributed by atoms with E-state index in [0.29, 0.717) is 5.54 Å². The van der Waals surface area contributed by atoms with Crippen LogP contribution in [-0.2, 0) is 0 Å². The average molecular weight is 213 g/mol. The smallest absolute Gasteiger partial charge is 0.0240 e. The fraction of sp³-hybridized carbons (Fsp3) is 1.00. The largest absolute Gasteiger partial charge is 0.311 e. The van der Waals surface area contributed by atoms with Crippen molar-refractivity contribution >= 4 is 11.8 Å². The van der Waals surface area contributed by atoms with Crippen LogP contribution in [0.1, 0.15) is 39.5 Å². The summed E-state index contributed by atoms with van der Waals surface area (Å²) in [5, 5.41) is 3.83. The number of hydrogen-bond donors (Lipinski definition) is 1. The summed E-state index contributed by atoms with van der Waals surface area (Å²) < 4.78 is 0. The van der Waals surface area contributed by atoms with Crippen LogP contribution in [-0.4, -0.2) is 23.6 Å². The predicted octanol–water partition coefficient (Wildman–Crippen LogP) is 2.91. The highest BCUT2D eigenvalue weighted by Gasteiger charge is 2.43. The summed E-state index contributed by atoms with van der Waals surface area (Å²) in [5.41, 5.74) is 0.493. The quantitative estimate of drug-likeness (QED) is 0.757. The van der Waals surface area contributed by atoms with Gasteiger partial charge in [0.05, 0.1) is 0 Å². The summed E-state index contributed by atoms with van der Waals surface area (Å²) in [6.07, 6.45) is 5.69. The molecule has 0 aromatic rings. The second-order valence-corrected chi connectivity index (χ2v) is 6.29. The molecular formula is C12H23NS. The van der Waals surface area contributed by atoms with Crippen LogP contribution in [0.3, 0.4) is 0 Å². The van der Waals surface area contributed by atoms with Crippen molar-refractivity contribution in [2.24, 2.45) is 11.8 Å². The Kier molecular flexibility index (Phi) is 3.43. The lowest BCUT2D eigenvalue weighted by molar-refractivity contribution is 0.172. The maximum atomic E-state index is 3.83. The monoisotopic (exact) mass is 213 g/mol. The van der Waals surface area contributed by atoms with E-state index in [1.165, 1.54) is 43.7 Å². The van der Waals surface area contributed by atoms with Crippen molar-refractivity contribution in [1.82, 2.24) is 5.32 Å². The summed E-state index contributed by atoms with van der Waals surface area (Å²) >= 11 is 2.17. The first-order valence-electron chi connectivity index (χ1n) is 6.08. The molecule has 2 aliphatic heterocycles. The van der Waals surface area contributed by atoms with Gasteiger partial charge in [-0.25, -0.2) is 0 Å². The lowest BCUT2D eigenvalue weighted by Crippen LogP contribution is -2.52. The van der Waals surface area contributed by atoms with Crippen LogP contribution in [0.15, 0.2) is 0 Å². The molecule has 0 amide bonds. The zero-order valence-corrected chi connectivity index (χ0v) is 10.3. The van der Waals surface area contributed by atoms with Gasteiger partial charge in [-0.15, -0.1) is 0 Å². The van der Waals surface area contributed by atoms with Crippen molar-refractivity contribution in [1.29, 1.82) is 0 Å². The molecule has 2 unspecified atom stereocenters. The highest BCUT2D eigenvalue weighted by molar-refractivity contribution is 7.99. The minimum atomic E-state index is 0.493. The molecule has 0 aromatic heterocycles. The van der Waals surface area contributed by atoms with Gasteiger partial charge in [0.15, 0.2) is 0 Å². The van der Waals surface area contributed by atoms with E-state index in [1.807, 2.05) is 0 Å². The summed E-state index contributed by atoms with van der Waals surface area (Å²) in [6, 6.07) is 0. The van der Waals surface area contributed by atoms with Gasteiger partial charge in [0, 0.05) is 5.54 Å². The van der Waals surface area contributed by atoms with E-state index in [2.05, 4.69) is 30.9 Å². The third kappa shape index (κ3) is 1.83. The van der Waals surface area contributed by atoms with Gasteiger partial charge in [-0.2, -0.15) is 11.8 Å². The molecule has 2 fully saturated rings. The minimum absolute atomic E-state index is 0.493. The highest BCUT2D eigenvalue weighted by Crippen LogP contribution is 2.41. The molecular weight excluding hydrogens is 190 g/mol. The first-order chi connectivity index (χ1) is 6.76. The Balaban J connectivity index is 2.08. The summed E-state index contributed by atoms with van der Waals surface area (Å²) in [5.74, 6) is 4.52. The molecule has 0 spiro atoms. The van der Waals surface area contributed by atoms with E-state index in [0.717, 1.165) is 11.8 Å². The zero-order valence-electron chi connectivity index (χ0n) is 9.51. The minimum Gasteiger partial charge on any atom is -0.311 e. The summed E-state index contributed by atoms with van der Waals surface area (Å²) in [7, 11) is 0. The Bertz CT molecular complexity index is 179. The van der Waals surface area contributed by atoms with Crippen molar-refractivity contribution in [3.05, 3.63) is 0 Å². The topological polar surface area (TPSA) is 12.0 Å². The van der Waals surface area contributed by atoms with Crippen LogP contribution in [0.2, 0.25) is 0 Å². The van der Waals surface area contributed by atoms with Crippen molar-refractivity contribution in [3.63, 3.8) is 0 Å². The Hall–Kier alpha value is 0.310. The number of thioether (sulfide) groups is 1. The molecule has 0 radical (unpaired) electrons. The molecule has 2 aliphatic rings. The molecule has 0 aliphatic carbocycles. The lowest BCUT2D eigenvalue weighted by atomic mass is 9.73. The first-order valence-corrected chi connectivity index (χ1v) is 7.24.